The molecule has 0 fully saturated rings. The molecule has 3 heteroatoms. The van der Waals surface area contributed by atoms with Crippen LogP contribution in [0.3, 0.4) is 0 Å². The topological polar surface area (TPSA) is 28.4 Å². The Bertz CT molecular complexity index is 2480. The van der Waals surface area contributed by atoms with Crippen molar-refractivity contribution in [1.29, 1.82) is 0 Å². The maximum absolute atomic E-state index is 6.94. The van der Waals surface area contributed by atoms with Crippen molar-refractivity contribution in [3.8, 4) is 11.1 Å². The Labute approximate surface area is 263 Å². The molecule has 1 aromatic heterocycles. The predicted octanol–water partition coefficient (Wildman–Crippen LogP) is 12.1. The smallest absolute Gasteiger partial charge is 0.159 e. The van der Waals surface area contributed by atoms with Crippen molar-refractivity contribution in [3.05, 3.63) is 139 Å². The van der Waals surface area contributed by atoms with E-state index in [1.807, 2.05) is 14.0 Å². The highest BCUT2D eigenvalue weighted by molar-refractivity contribution is 6.27. The van der Waals surface area contributed by atoms with Gasteiger partial charge in [-0.1, -0.05) is 103 Å². The molecule has 0 aliphatic rings. The molecule has 0 bridgehead atoms. The molecule has 0 unspecified atom stereocenters. The zero-order valence-corrected chi connectivity index (χ0v) is 26.0. The molecule has 0 aliphatic carbocycles. The van der Waals surface area contributed by atoms with Crippen LogP contribution in [0.2, 0.25) is 0 Å². The minimum Gasteiger partial charge on any atom is -0.453 e. The molecular formula is C42H34N2O. The molecule has 3 nitrogen and oxygen atoms in total. The molecule has 45 heavy (non-hydrogen) atoms. The molecule has 0 spiro atoms. The second kappa shape index (κ2) is 10.3. The first-order chi connectivity index (χ1) is 21.9. The van der Waals surface area contributed by atoms with Gasteiger partial charge in [0.2, 0.25) is 0 Å². The van der Waals surface area contributed by atoms with Gasteiger partial charge in [-0.3, -0.25) is 0 Å². The molecule has 8 rings (SSSR count). The number of allylic oxidation sites excluding steroid dienone is 3. The number of hydrogen-bond donors (Lipinski definition) is 1. The summed E-state index contributed by atoms with van der Waals surface area (Å²) in [6.07, 6.45) is 2.15. The average molecular weight is 583 g/mol. The molecule has 8 aromatic rings. The lowest BCUT2D eigenvalue weighted by molar-refractivity contribution is 0.669. The molecule has 1 N–H and O–H groups in total. The number of anilines is 3. The van der Waals surface area contributed by atoms with Gasteiger partial charge in [-0.2, -0.15) is 0 Å². The largest absolute Gasteiger partial charge is 0.453 e. The van der Waals surface area contributed by atoms with Gasteiger partial charge in [0.15, 0.2) is 5.58 Å². The normalized spacial score (nSPS) is 12.2. The van der Waals surface area contributed by atoms with Gasteiger partial charge in [0.25, 0.3) is 0 Å². The van der Waals surface area contributed by atoms with Crippen molar-refractivity contribution in [2.45, 2.75) is 20.8 Å². The van der Waals surface area contributed by atoms with E-state index < -0.39 is 0 Å². The number of aryl methyl sites for hydroxylation is 1. The number of nitrogens with one attached hydrogen (secondary N) is 1. The van der Waals surface area contributed by atoms with Crippen LogP contribution in [0.5, 0.6) is 0 Å². The summed E-state index contributed by atoms with van der Waals surface area (Å²) in [6.45, 7) is 10.6. The van der Waals surface area contributed by atoms with E-state index in [1.165, 1.54) is 43.4 Å². The molecule has 1 heterocycles. The Morgan fingerprint density at radius 1 is 0.644 bits per heavy atom. The van der Waals surface area contributed by atoms with Crippen molar-refractivity contribution >= 4 is 71.3 Å². The van der Waals surface area contributed by atoms with Gasteiger partial charge in [0.05, 0.1) is 11.4 Å². The van der Waals surface area contributed by atoms with Gasteiger partial charge < -0.3 is 14.6 Å². The Hall–Kier alpha value is -5.54. The SMILES string of the molecule is C=C(C)/C=C(\C)N(c1ccc2ccc3c(NC)ccc4ccc1c2c43)c1cccc2c1oc1c(-c3ccccc3C)cccc12. The Morgan fingerprint density at radius 2 is 1.29 bits per heavy atom. The predicted molar refractivity (Wildman–Crippen MR) is 194 cm³/mol. The van der Waals surface area contributed by atoms with Crippen LogP contribution in [0.25, 0.3) is 65.4 Å². The average Bonchev–Trinajstić information content (AvgIpc) is 3.44. The highest BCUT2D eigenvalue weighted by Gasteiger charge is 2.23. The van der Waals surface area contributed by atoms with E-state index in [-0.39, 0.29) is 0 Å². The van der Waals surface area contributed by atoms with Gasteiger partial charge in [0.1, 0.15) is 5.58 Å². The van der Waals surface area contributed by atoms with Gasteiger partial charge in [-0.05, 0) is 77.7 Å². The van der Waals surface area contributed by atoms with Crippen LogP contribution in [0.1, 0.15) is 19.4 Å². The lowest BCUT2D eigenvalue weighted by Crippen LogP contribution is -2.15. The monoisotopic (exact) mass is 582 g/mol. The second-order valence-corrected chi connectivity index (χ2v) is 12.1. The van der Waals surface area contributed by atoms with E-state index in [0.29, 0.717) is 0 Å². The lowest BCUT2D eigenvalue weighted by atomic mass is 9.92. The fraction of sp³-hybridized carbons (Fsp3) is 0.0952. The summed E-state index contributed by atoms with van der Waals surface area (Å²) < 4.78 is 6.94. The molecule has 218 valence electrons. The van der Waals surface area contributed by atoms with Crippen LogP contribution in [0, 0.1) is 6.92 Å². The van der Waals surface area contributed by atoms with Crippen LogP contribution in [-0.4, -0.2) is 7.05 Å². The maximum Gasteiger partial charge on any atom is 0.159 e. The van der Waals surface area contributed by atoms with Crippen molar-refractivity contribution < 1.29 is 4.42 Å². The van der Waals surface area contributed by atoms with Gasteiger partial charge >= 0.3 is 0 Å². The number of hydrogen-bond acceptors (Lipinski definition) is 3. The van der Waals surface area contributed by atoms with Gasteiger partial charge in [-0.25, -0.2) is 0 Å². The van der Waals surface area contributed by atoms with Crippen LogP contribution < -0.4 is 10.2 Å². The summed E-state index contributed by atoms with van der Waals surface area (Å²) in [5.74, 6) is 0. The molecule has 0 atom stereocenters. The molecule has 0 amide bonds. The third-order valence-electron chi connectivity index (χ3n) is 9.14. The van der Waals surface area contributed by atoms with E-state index in [4.69, 9.17) is 4.42 Å². The number of rotatable bonds is 6. The third-order valence-corrected chi connectivity index (χ3v) is 9.14. The fourth-order valence-corrected chi connectivity index (χ4v) is 7.20. The summed E-state index contributed by atoms with van der Waals surface area (Å²) >= 11 is 0. The lowest BCUT2D eigenvalue weighted by Gasteiger charge is -2.28. The van der Waals surface area contributed by atoms with Crippen LogP contribution >= 0.6 is 0 Å². The highest BCUT2D eigenvalue weighted by atomic mass is 16.3. The third kappa shape index (κ3) is 4.12. The number of furan rings is 1. The Balaban J connectivity index is 1.44. The minimum atomic E-state index is 0.867. The molecule has 0 saturated heterocycles. The summed E-state index contributed by atoms with van der Waals surface area (Å²) in [4.78, 5) is 2.34. The standard InChI is InChI=1S/C42H34N2O/c1-25(2)24-27(4)44(37-23-19-29-16-20-34-36(43-5)22-18-28-17-21-35(37)40(29)39(28)34)38-15-9-14-33-32-13-8-12-31(41(32)45-42(33)38)30-11-7-6-10-26(30)3/h6-24,43H,1H2,2-5H3/b27-24+. The second-order valence-electron chi connectivity index (χ2n) is 12.1. The first kappa shape index (κ1) is 27.0. The molecule has 0 aliphatic heterocycles. The number of nitrogens with zero attached hydrogens (tertiary/aromatic N) is 1. The first-order valence-corrected chi connectivity index (χ1v) is 15.5. The van der Waals surface area contributed by atoms with E-state index in [1.54, 1.807) is 0 Å². The Kier molecular flexibility index (Phi) is 6.18. The number of fused-ring (bicyclic) bond motifs is 3. The van der Waals surface area contributed by atoms with Gasteiger partial charge in [-0.15, -0.1) is 0 Å². The number of benzene rings is 7. The van der Waals surface area contributed by atoms with E-state index >= 15 is 0 Å². The quantitative estimate of drug-likeness (QED) is 0.156. The molecule has 0 radical (unpaired) electrons. The first-order valence-electron chi connectivity index (χ1n) is 15.5. The number of para-hydroxylation sites is 2. The molecular weight excluding hydrogens is 548 g/mol. The molecule has 0 saturated carbocycles. The van der Waals surface area contributed by atoms with E-state index in [0.717, 1.165) is 55.8 Å². The van der Waals surface area contributed by atoms with Crippen LogP contribution in [0.15, 0.2) is 138 Å². The molecule has 7 aromatic carbocycles. The van der Waals surface area contributed by atoms with Crippen molar-refractivity contribution in [1.82, 2.24) is 0 Å². The zero-order valence-electron chi connectivity index (χ0n) is 26.0. The summed E-state index contributed by atoms with van der Waals surface area (Å²) in [5.41, 5.74) is 10.6. The Morgan fingerprint density at radius 3 is 2.04 bits per heavy atom. The van der Waals surface area contributed by atoms with Crippen LogP contribution in [-0.2, 0) is 0 Å². The van der Waals surface area contributed by atoms with E-state index in [9.17, 15) is 0 Å². The van der Waals surface area contributed by atoms with Crippen molar-refractivity contribution in [3.63, 3.8) is 0 Å². The summed E-state index contributed by atoms with van der Waals surface area (Å²) in [6, 6.07) is 39.3. The zero-order chi connectivity index (χ0) is 30.8. The van der Waals surface area contributed by atoms with Gasteiger partial charge in [0, 0.05) is 45.5 Å². The van der Waals surface area contributed by atoms with Crippen molar-refractivity contribution in [2.75, 3.05) is 17.3 Å². The maximum atomic E-state index is 6.94. The highest BCUT2D eigenvalue weighted by Crippen LogP contribution is 2.47. The summed E-state index contributed by atoms with van der Waals surface area (Å²) in [5, 5.41) is 13.1. The summed E-state index contributed by atoms with van der Waals surface area (Å²) in [7, 11) is 1.99. The fourth-order valence-electron chi connectivity index (χ4n) is 7.20. The minimum absolute atomic E-state index is 0.867. The van der Waals surface area contributed by atoms with E-state index in [2.05, 4.69) is 146 Å². The van der Waals surface area contributed by atoms with Crippen LogP contribution in [0.4, 0.5) is 17.1 Å². The van der Waals surface area contributed by atoms with Crippen molar-refractivity contribution in [2.24, 2.45) is 0 Å².